The summed E-state index contributed by atoms with van der Waals surface area (Å²) in [7, 11) is 0. The van der Waals surface area contributed by atoms with Crippen LogP contribution < -0.4 is 5.32 Å². The average molecular weight is 283 g/mol. The summed E-state index contributed by atoms with van der Waals surface area (Å²) in [5, 5.41) is 13.8. The fraction of sp³-hybridized carbons (Fsp3) is 0.273. The second-order valence-electron chi connectivity index (χ2n) is 3.14. The summed E-state index contributed by atoms with van der Waals surface area (Å²) in [5.41, 5.74) is 0.933. The Morgan fingerprint density at radius 2 is 2.31 bits per heavy atom. The van der Waals surface area contributed by atoms with Crippen molar-refractivity contribution in [3.8, 4) is 12.3 Å². The van der Waals surface area contributed by atoms with Crippen LogP contribution in [-0.4, -0.2) is 11.5 Å². The van der Waals surface area contributed by atoms with Crippen molar-refractivity contribution in [3.05, 3.63) is 38.3 Å². The lowest BCUT2D eigenvalue weighted by Crippen LogP contribution is -2.14. The molecule has 1 aromatic carbocycles. The normalized spacial score (nSPS) is 9.75. The molecule has 0 bridgehead atoms. The molecule has 0 amide bonds. The van der Waals surface area contributed by atoms with Crippen molar-refractivity contribution in [2.45, 2.75) is 13.0 Å². The smallest absolute Gasteiger partial charge is 0.283 e. The first-order valence-electron chi connectivity index (χ1n) is 4.72. The summed E-state index contributed by atoms with van der Waals surface area (Å²) >= 11 is 3.23. The Hall–Kier alpha value is -1.38. The predicted octanol–water partition coefficient (Wildman–Crippen LogP) is 2.47. The highest BCUT2D eigenvalue weighted by atomic mass is 79.9. The van der Waals surface area contributed by atoms with E-state index in [2.05, 4.69) is 27.2 Å². The second kappa shape index (κ2) is 6.26. The van der Waals surface area contributed by atoms with E-state index in [-0.39, 0.29) is 5.69 Å². The van der Waals surface area contributed by atoms with Crippen molar-refractivity contribution in [1.29, 1.82) is 0 Å². The van der Waals surface area contributed by atoms with Crippen LogP contribution in [0.25, 0.3) is 0 Å². The maximum absolute atomic E-state index is 10.7. The minimum absolute atomic E-state index is 0.0799. The van der Waals surface area contributed by atoms with Gasteiger partial charge in [0.1, 0.15) is 0 Å². The summed E-state index contributed by atoms with van der Waals surface area (Å²) in [5.74, 6) is 2.52. The molecular weight excluding hydrogens is 272 g/mol. The highest BCUT2D eigenvalue weighted by Crippen LogP contribution is 2.27. The number of halogens is 1. The predicted molar refractivity (Wildman–Crippen MR) is 66.0 cm³/mol. The van der Waals surface area contributed by atoms with Crippen molar-refractivity contribution in [2.24, 2.45) is 0 Å². The summed E-state index contributed by atoms with van der Waals surface area (Å²) in [6.45, 7) is 1.26. The van der Waals surface area contributed by atoms with Crippen LogP contribution in [0.15, 0.2) is 22.7 Å². The van der Waals surface area contributed by atoms with Gasteiger partial charge in [0.25, 0.3) is 5.69 Å². The second-order valence-corrected chi connectivity index (χ2v) is 3.93. The summed E-state index contributed by atoms with van der Waals surface area (Å²) < 4.78 is 0.521. The van der Waals surface area contributed by atoms with Crippen molar-refractivity contribution in [2.75, 3.05) is 6.54 Å². The van der Waals surface area contributed by atoms with Gasteiger partial charge >= 0.3 is 0 Å². The van der Waals surface area contributed by atoms with Crippen molar-refractivity contribution in [1.82, 2.24) is 5.32 Å². The molecule has 0 aliphatic rings. The Labute approximate surface area is 102 Å². The molecule has 16 heavy (non-hydrogen) atoms. The first-order chi connectivity index (χ1) is 7.66. The largest absolute Gasteiger partial charge is 0.312 e. The number of terminal acetylenes is 1. The number of benzene rings is 1. The third kappa shape index (κ3) is 3.33. The van der Waals surface area contributed by atoms with Gasteiger partial charge in [0.15, 0.2) is 0 Å². The third-order valence-electron chi connectivity index (χ3n) is 2.02. The molecule has 5 heteroatoms. The van der Waals surface area contributed by atoms with Gasteiger partial charge in [0.05, 0.1) is 9.40 Å². The number of rotatable bonds is 5. The van der Waals surface area contributed by atoms with E-state index >= 15 is 0 Å². The molecule has 0 radical (unpaired) electrons. The van der Waals surface area contributed by atoms with E-state index < -0.39 is 4.92 Å². The highest BCUT2D eigenvalue weighted by molar-refractivity contribution is 9.10. The van der Waals surface area contributed by atoms with E-state index in [1.165, 1.54) is 6.07 Å². The van der Waals surface area contributed by atoms with Crippen LogP contribution in [0.3, 0.4) is 0 Å². The number of hydrogen-bond acceptors (Lipinski definition) is 3. The number of nitro benzene ring substituents is 1. The molecule has 0 aliphatic carbocycles. The van der Waals surface area contributed by atoms with E-state index in [4.69, 9.17) is 6.42 Å². The minimum Gasteiger partial charge on any atom is -0.312 e. The van der Waals surface area contributed by atoms with Gasteiger partial charge in [-0.1, -0.05) is 12.1 Å². The molecule has 0 saturated carbocycles. The Morgan fingerprint density at radius 1 is 1.56 bits per heavy atom. The molecule has 0 aromatic heterocycles. The molecule has 0 atom stereocenters. The van der Waals surface area contributed by atoms with Crippen LogP contribution in [0, 0.1) is 22.5 Å². The summed E-state index contributed by atoms with van der Waals surface area (Å²) in [6.07, 6.45) is 5.76. The van der Waals surface area contributed by atoms with Gasteiger partial charge < -0.3 is 5.32 Å². The maximum atomic E-state index is 10.7. The molecule has 4 nitrogen and oxygen atoms in total. The topological polar surface area (TPSA) is 55.2 Å². The molecule has 0 unspecified atom stereocenters. The van der Waals surface area contributed by atoms with E-state index in [9.17, 15) is 10.1 Å². The first-order valence-corrected chi connectivity index (χ1v) is 5.52. The van der Waals surface area contributed by atoms with Crippen molar-refractivity contribution in [3.63, 3.8) is 0 Å². The monoisotopic (exact) mass is 282 g/mol. The van der Waals surface area contributed by atoms with Gasteiger partial charge in [-0.3, -0.25) is 10.1 Å². The number of nitrogens with one attached hydrogen (secondary N) is 1. The standard InChI is InChI=1S/C11H11BrN2O2/c1-2-3-7-13-8-9-5-4-6-10(11(9)12)14(15)16/h1,4-6,13H,3,7-8H2. The Kier molecular flexibility index (Phi) is 4.96. The van der Waals surface area contributed by atoms with E-state index in [0.717, 1.165) is 5.56 Å². The van der Waals surface area contributed by atoms with Gasteiger partial charge in [0, 0.05) is 25.6 Å². The molecule has 0 saturated heterocycles. The summed E-state index contributed by atoms with van der Waals surface area (Å²) in [6, 6.07) is 4.97. The maximum Gasteiger partial charge on any atom is 0.283 e. The SMILES string of the molecule is C#CCCNCc1cccc([N+](=O)[O-])c1Br. The van der Waals surface area contributed by atoms with Crippen LogP contribution in [0.5, 0.6) is 0 Å². The van der Waals surface area contributed by atoms with E-state index in [1.54, 1.807) is 6.07 Å². The zero-order valence-corrected chi connectivity index (χ0v) is 10.2. The number of nitro groups is 1. The highest BCUT2D eigenvalue weighted by Gasteiger charge is 2.13. The van der Waals surface area contributed by atoms with Crippen LogP contribution in [0.4, 0.5) is 5.69 Å². The average Bonchev–Trinajstić information content (AvgIpc) is 2.26. The molecule has 1 N–H and O–H groups in total. The Morgan fingerprint density at radius 3 is 2.94 bits per heavy atom. The van der Waals surface area contributed by atoms with E-state index in [1.807, 2.05) is 6.07 Å². The quantitative estimate of drug-likeness (QED) is 0.391. The molecule has 0 spiro atoms. The van der Waals surface area contributed by atoms with Gasteiger partial charge in [0.2, 0.25) is 0 Å². The zero-order valence-electron chi connectivity index (χ0n) is 8.57. The van der Waals surface area contributed by atoms with Gasteiger partial charge in [-0.25, -0.2) is 0 Å². The Balaban J connectivity index is 2.70. The van der Waals surface area contributed by atoms with Gasteiger partial charge in [-0.05, 0) is 21.5 Å². The van der Waals surface area contributed by atoms with Crippen LogP contribution in [-0.2, 0) is 6.54 Å². The van der Waals surface area contributed by atoms with Crippen molar-refractivity contribution >= 4 is 21.6 Å². The van der Waals surface area contributed by atoms with Crippen LogP contribution in [0.1, 0.15) is 12.0 Å². The van der Waals surface area contributed by atoms with Crippen LogP contribution in [0.2, 0.25) is 0 Å². The molecular formula is C11H11BrN2O2. The lowest BCUT2D eigenvalue weighted by atomic mass is 10.2. The molecule has 1 aromatic rings. The molecule has 84 valence electrons. The number of hydrogen-bond donors (Lipinski definition) is 1. The first kappa shape index (κ1) is 12.7. The number of nitrogens with zero attached hydrogens (tertiary/aromatic N) is 1. The van der Waals surface area contributed by atoms with Gasteiger partial charge in [-0.15, -0.1) is 12.3 Å². The zero-order chi connectivity index (χ0) is 12.0. The lowest BCUT2D eigenvalue weighted by Gasteiger charge is -2.05. The fourth-order valence-corrected chi connectivity index (χ4v) is 1.78. The van der Waals surface area contributed by atoms with Gasteiger partial charge in [-0.2, -0.15) is 0 Å². The van der Waals surface area contributed by atoms with Crippen molar-refractivity contribution < 1.29 is 4.92 Å². The lowest BCUT2D eigenvalue weighted by molar-refractivity contribution is -0.385. The van der Waals surface area contributed by atoms with Crippen LogP contribution >= 0.6 is 15.9 Å². The fourth-order valence-electron chi connectivity index (χ4n) is 1.23. The Bertz CT molecular complexity index is 426. The summed E-state index contributed by atoms with van der Waals surface area (Å²) in [4.78, 5) is 10.3. The molecule has 0 fully saturated rings. The minimum atomic E-state index is -0.408. The molecule has 1 rings (SSSR count). The van der Waals surface area contributed by atoms with E-state index in [0.29, 0.717) is 24.0 Å². The molecule has 0 aliphatic heterocycles. The third-order valence-corrected chi connectivity index (χ3v) is 2.93. The molecule has 0 heterocycles.